The van der Waals surface area contributed by atoms with Gasteiger partial charge in [0.1, 0.15) is 0 Å². The molecule has 3 rings (SSSR count). The Balaban J connectivity index is 1.57. The van der Waals surface area contributed by atoms with Gasteiger partial charge in [0, 0.05) is 12.6 Å². The summed E-state index contributed by atoms with van der Waals surface area (Å²) in [7, 11) is 2.70. The number of esters is 1. The molecule has 0 bridgehead atoms. The van der Waals surface area contributed by atoms with E-state index in [1.165, 1.54) is 20.4 Å². The third-order valence-electron chi connectivity index (χ3n) is 4.63. The first-order valence-corrected chi connectivity index (χ1v) is 12.2. The van der Waals surface area contributed by atoms with E-state index < -0.39 is 11.9 Å². The number of thioether (sulfide) groups is 1. The fraction of sp³-hybridized carbons (Fsp3) is 0.208. The average Bonchev–Trinajstić information content (AvgIpc) is 3.22. The summed E-state index contributed by atoms with van der Waals surface area (Å²) in [4.78, 5) is 35.5. The van der Waals surface area contributed by atoms with Crippen molar-refractivity contribution in [3.63, 3.8) is 0 Å². The molecule has 0 radical (unpaired) electrons. The number of carbonyl (C=O) groups is 3. The molecule has 2 aromatic rings. The lowest BCUT2D eigenvalue weighted by molar-refractivity contribution is -0.135. The number of nitrogens with zero attached hydrogens (tertiary/aromatic N) is 2. The molecule has 1 fully saturated rings. The molecule has 2 amide bonds. The van der Waals surface area contributed by atoms with Crippen LogP contribution in [0.3, 0.4) is 0 Å². The third-order valence-corrected chi connectivity index (χ3v) is 6.12. The third kappa shape index (κ3) is 7.95. The van der Waals surface area contributed by atoms with E-state index in [4.69, 9.17) is 9.47 Å². The van der Waals surface area contributed by atoms with Gasteiger partial charge in [0.25, 0.3) is 11.8 Å². The van der Waals surface area contributed by atoms with Crippen LogP contribution in [0, 0.1) is 0 Å². The summed E-state index contributed by atoms with van der Waals surface area (Å²) in [5.74, 6) is -0.591. The number of carbonyl (C=O) groups excluding carboxylic acids is 3. The molecule has 0 saturated carbocycles. The molecule has 1 heterocycles. The molecule has 0 aromatic heterocycles. The van der Waals surface area contributed by atoms with Gasteiger partial charge in [0.15, 0.2) is 23.3 Å². The summed E-state index contributed by atoms with van der Waals surface area (Å²) in [6.45, 7) is 0.324. The van der Waals surface area contributed by atoms with E-state index in [0.717, 1.165) is 29.8 Å². The second-order valence-electron chi connectivity index (χ2n) is 7.15. The molecule has 0 spiro atoms. The number of ether oxygens (including phenoxy) is 3. The highest BCUT2D eigenvalue weighted by Crippen LogP contribution is 2.36. The fourth-order valence-corrected chi connectivity index (χ4v) is 4.24. The predicted octanol–water partition coefficient (Wildman–Crippen LogP) is 2.81. The zero-order valence-electron chi connectivity index (χ0n) is 19.4. The van der Waals surface area contributed by atoms with Gasteiger partial charge in [-0.1, -0.05) is 30.3 Å². The van der Waals surface area contributed by atoms with Crippen LogP contribution < -0.4 is 20.1 Å². The summed E-state index contributed by atoms with van der Waals surface area (Å²) in [5.41, 5.74) is 1.76. The molecular formula is C24H23BrN4O6S. The maximum absolute atomic E-state index is 12.2. The van der Waals surface area contributed by atoms with Crippen LogP contribution in [0.2, 0.25) is 0 Å². The molecular weight excluding hydrogens is 552 g/mol. The van der Waals surface area contributed by atoms with Crippen LogP contribution in [0.5, 0.6) is 11.5 Å². The standard InChI is InChI=1S/C24H23BrN4O6S/c1-33-18-11-16(13-27-29-24-28-23(32)19(36-24)12-21(31)34-2)10-17(25)22(18)35-14-20(30)26-9-8-15-6-4-3-5-7-15/h3-7,10-13H,8-9,14H2,1-2H3,(H,26,30)(H,28,29,32)/b19-12+,27-13?. The number of amides is 2. The highest BCUT2D eigenvalue weighted by atomic mass is 79.9. The molecule has 188 valence electrons. The van der Waals surface area contributed by atoms with Crippen LogP contribution >= 0.6 is 27.7 Å². The summed E-state index contributed by atoms with van der Waals surface area (Å²) < 4.78 is 16.1. The minimum absolute atomic E-state index is 0.158. The van der Waals surface area contributed by atoms with Gasteiger partial charge in [-0.15, -0.1) is 5.10 Å². The van der Waals surface area contributed by atoms with Crippen LogP contribution in [0.4, 0.5) is 0 Å². The van der Waals surface area contributed by atoms with E-state index in [1.54, 1.807) is 12.1 Å². The number of methoxy groups -OCH3 is 2. The maximum atomic E-state index is 12.2. The highest BCUT2D eigenvalue weighted by Gasteiger charge is 2.25. The highest BCUT2D eigenvalue weighted by molar-refractivity contribution is 9.10. The molecule has 1 saturated heterocycles. The Kier molecular flexibility index (Phi) is 10.1. The van der Waals surface area contributed by atoms with Gasteiger partial charge in [-0.05, 0) is 57.4 Å². The lowest BCUT2D eigenvalue weighted by atomic mass is 10.1. The number of hydrogen-bond donors (Lipinski definition) is 2. The molecule has 1 aliphatic rings. The van der Waals surface area contributed by atoms with Crippen molar-refractivity contribution in [1.29, 1.82) is 0 Å². The smallest absolute Gasteiger partial charge is 0.331 e. The van der Waals surface area contributed by atoms with Crippen molar-refractivity contribution in [3.8, 4) is 11.5 Å². The number of hydrogen-bond acceptors (Lipinski definition) is 9. The van der Waals surface area contributed by atoms with Gasteiger partial charge in [-0.3, -0.25) is 14.9 Å². The predicted molar refractivity (Wildman–Crippen MR) is 140 cm³/mol. The average molecular weight is 575 g/mol. The zero-order valence-corrected chi connectivity index (χ0v) is 21.9. The van der Waals surface area contributed by atoms with Gasteiger partial charge in [0.05, 0.1) is 29.8 Å². The van der Waals surface area contributed by atoms with E-state index in [9.17, 15) is 14.4 Å². The van der Waals surface area contributed by atoms with E-state index in [1.807, 2.05) is 30.3 Å². The maximum Gasteiger partial charge on any atom is 0.331 e. The van der Waals surface area contributed by atoms with Gasteiger partial charge < -0.3 is 19.5 Å². The van der Waals surface area contributed by atoms with E-state index in [2.05, 4.69) is 41.5 Å². The minimum Gasteiger partial charge on any atom is -0.493 e. The largest absolute Gasteiger partial charge is 0.493 e. The van der Waals surface area contributed by atoms with Crippen molar-refractivity contribution < 1.29 is 28.6 Å². The number of rotatable bonds is 10. The number of nitrogens with one attached hydrogen (secondary N) is 2. The zero-order chi connectivity index (χ0) is 25.9. The van der Waals surface area contributed by atoms with E-state index in [0.29, 0.717) is 28.1 Å². The van der Waals surface area contributed by atoms with Gasteiger partial charge in [0.2, 0.25) is 0 Å². The van der Waals surface area contributed by atoms with Crippen molar-refractivity contribution >= 4 is 56.9 Å². The lowest BCUT2D eigenvalue weighted by Crippen LogP contribution is -2.30. The Morgan fingerprint density at radius 3 is 2.69 bits per heavy atom. The van der Waals surface area contributed by atoms with Crippen LogP contribution in [0.25, 0.3) is 0 Å². The van der Waals surface area contributed by atoms with Crippen LogP contribution in [0.15, 0.2) is 68.1 Å². The van der Waals surface area contributed by atoms with Crippen LogP contribution in [0.1, 0.15) is 11.1 Å². The number of benzene rings is 2. The Labute approximate surface area is 220 Å². The first-order chi connectivity index (χ1) is 17.4. The van der Waals surface area contributed by atoms with Crippen molar-refractivity contribution in [3.05, 3.63) is 69.0 Å². The molecule has 0 unspecified atom stereocenters. The van der Waals surface area contributed by atoms with Crippen molar-refractivity contribution in [1.82, 2.24) is 10.6 Å². The summed E-state index contributed by atoms with van der Waals surface area (Å²) >= 11 is 4.40. The normalized spacial score (nSPS) is 15.2. The minimum atomic E-state index is -0.638. The Bertz CT molecular complexity index is 1220. The molecule has 10 nitrogen and oxygen atoms in total. The Morgan fingerprint density at radius 2 is 1.97 bits per heavy atom. The van der Waals surface area contributed by atoms with Crippen molar-refractivity contribution in [2.75, 3.05) is 27.4 Å². The molecule has 2 N–H and O–H groups in total. The molecule has 36 heavy (non-hydrogen) atoms. The first kappa shape index (κ1) is 27.0. The molecule has 1 aliphatic heterocycles. The van der Waals surface area contributed by atoms with Crippen molar-refractivity contribution in [2.24, 2.45) is 10.2 Å². The quantitative estimate of drug-likeness (QED) is 0.193. The van der Waals surface area contributed by atoms with Gasteiger partial charge in [-0.2, -0.15) is 5.10 Å². The molecule has 0 atom stereocenters. The van der Waals surface area contributed by atoms with E-state index in [-0.39, 0.29) is 22.6 Å². The summed E-state index contributed by atoms with van der Waals surface area (Å²) in [6, 6.07) is 13.3. The van der Waals surface area contributed by atoms with Crippen LogP contribution in [-0.2, 0) is 25.5 Å². The molecule has 0 aliphatic carbocycles. The monoisotopic (exact) mass is 574 g/mol. The second kappa shape index (κ2) is 13.4. The Morgan fingerprint density at radius 1 is 1.19 bits per heavy atom. The Hall–Kier alpha value is -3.64. The lowest BCUT2D eigenvalue weighted by Gasteiger charge is -2.13. The first-order valence-electron chi connectivity index (χ1n) is 10.6. The molecule has 12 heteroatoms. The van der Waals surface area contributed by atoms with Gasteiger partial charge >= 0.3 is 5.97 Å². The summed E-state index contributed by atoms with van der Waals surface area (Å²) in [5, 5.41) is 13.5. The van der Waals surface area contributed by atoms with Crippen LogP contribution in [-0.4, -0.2) is 56.5 Å². The summed E-state index contributed by atoms with van der Waals surface area (Å²) in [6.07, 6.45) is 3.26. The topological polar surface area (TPSA) is 128 Å². The van der Waals surface area contributed by atoms with Crippen molar-refractivity contribution in [2.45, 2.75) is 6.42 Å². The van der Waals surface area contributed by atoms with E-state index >= 15 is 0 Å². The second-order valence-corrected chi connectivity index (χ2v) is 9.03. The SMILES string of the molecule is COC(=O)/C=C1/S/C(=N\N=Cc2cc(Br)c(OCC(=O)NCCc3ccccc3)c(OC)c2)NC1=O. The number of halogens is 1. The fourth-order valence-electron chi connectivity index (χ4n) is 2.92. The number of amidine groups is 1. The molecule has 2 aromatic carbocycles. The van der Waals surface area contributed by atoms with Gasteiger partial charge in [-0.25, -0.2) is 4.79 Å².